The number of aromatic amines is 1. The molecular weight excluding hydrogens is 378 g/mol. The van der Waals surface area contributed by atoms with Gasteiger partial charge in [-0.15, -0.1) is 0 Å². The summed E-state index contributed by atoms with van der Waals surface area (Å²) in [7, 11) is 4.84. The molecule has 0 spiro atoms. The fraction of sp³-hybridized carbons (Fsp3) is 0.208. The highest BCUT2D eigenvalue weighted by molar-refractivity contribution is 5.96. The van der Waals surface area contributed by atoms with Crippen molar-refractivity contribution in [1.82, 2.24) is 9.97 Å². The Labute approximate surface area is 174 Å². The number of benzene rings is 2. The zero-order valence-corrected chi connectivity index (χ0v) is 17.2. The van der Waals surface area contributed by atoms with Gasteiger partial charge in [0.25, 0.3) is 0 Å². The zero-order chi connectivity index (χ0) is 20.7. The van der Waals surface area contributed by atoms with Gasteiger partial charge in [0.1, 0.15) is 5.65 Å². The van der Waals surface area contributed by atoms with Gasteiger partial charge in [-0.25, -0.2) is 4.98 Å². The fourth-order valence-corrected chi connectivity index (χ4v) is 4.12. The number of aromatic nitrogens is 2. The number of hydrogen-bond donors (Lipinski definition) is 2. The van der Waals surface area contributed by atoms with E-state index >= 15 is 0 Å². The Hall–Kier alpha value is -3.67. The maximum Gasteiger partial charge on any atom is 0.203 e. The van der Waals surface area contributed by atoms with Crippen molar-refractivity contribution in [2.75, 3.05) is 33.2 Å². The number of ether oxygens (including phenoxy) is 3. The monoisotopic (exact) mass is 401 g/mol. The lowest BCUT2D eigenvalue weighted by Gasteiger charge is -2.14. The molecule has 0 radical (unpaired) electrons. The van der Waals surface area contributed by atoms with Crippen LogP contribution in [0.2, 0.25) is 0 Å². The molecule has 3 heterocycles. The van der Waals surface area contributed by atoms with Crippen LogP contribution in [0, 0.1) is 0 Å². The second kappa shape index (κ2) is 7.30. The summed E-state index contributed by atoms with van der Waals surface area (Å²) < 4.78 is 16.5. The van der Waals surface area contributed by atoms with Gasteiger partial charge in [-0.1, -0.05) is 6.07 Å². The van der Waals surface area contributed by atoms with Crippen molar-refractivity contribution in [2.24, 2.45) is 0 Å². The van der Waals surface area contributed by atoms with Gasteiger partial charge in [0, 0.05) is 41.1 Å². The summed E-state index contributed by atoms with van der Waals surface area (Å²) in [6, 6.07) is 12.6. The largest absolute Gasteiger partial charge is 0.493 e. The summed E-state index contributed by atoms with van der Waals surface area (Å²) >= 11 is 0. The van der Waals surface area contributed by atoms with E-state index in [4.69, 9.17) is 14.2 Å². The van der Waals surface area contributed by atoms with Gasteiger partial charge >= 0.3 is 0 Å². The van der Waals surface area contributed by atoms with Crippen molar-refractivity contribution in [1.29, 1.82) is 0 Å². The molecule has 4 aromatic rings. The molecule has 0 amide bonds. The van der Waals surface area contributed by atoms with E-state index in [1.807, 2.05) is 24.5 Å². The van der Waals surface area contributed by atoms with Gasteiger partial charge < -0.3 is 24.5 Å². The average molecular weight is 401 g/mol. The summed E-state index contributed by atoms with van der Waals surface area (Å²) in [6.07, 6.45) is 4.94. The van der Waals surface area contributed by atoms with E-state index in [1.165, 1.54) is 16.8 Å². The van der Waals surface area contributed by atoms with Crippen LogP contribution in [0.15, 0.2) is 48.8 Å². The molecule has 6 nitrogen and oxygen atoms in total. The highest BCUT2D eigenvalue weighted by atomic mass is 16.5. The number of fused-ring (bicyclic) bond motifs is 2. The fourth-order valence-electron chi connectivity index (χ4n) is 4.12. The van der Waals surface area contributed by atoms with Crippen molar-refractivity contribution in [2.45, 2.75) is 6.42 Å². The molecule has 0 unspecified atom stereocenters. The van der Waals surface area contributed by atoms with Crippen molar-refractivity contribution in [3.8, 4) is 39.5 Å². The molecule has 2 aromatic heterocycles. The Balaban J connectivity index is 1.63. The van der Waals surface area contributed by atoms with Crippen LogP contribution in [0.25, 0.3) is 33.3 Å². The van der Waals surface area contributed by atoms with Crippen LogP contribution in [0.5, 0.6) is 17.2 Å². The molecule has 6 heteroatoms. The first-order chi connectivity index (χ1) is 14.7. The quantitative estimate of drug-likeness (QED) is 0.498. The second-order valence-corrected chi connectivity index (χ2v) is 7.29. The standard InChI is InChI=1S/C24H23N3O3/c1-28-21-10-16(11-22(29-2)23(21)30-3)17-9-18-19(13-27-24(18)26-12-17)14-4-5-20-15(8-14)6-7-25-20/h4-5,8-13,25H,6-7H2,1-3H3,(H,26,27). The normalized spacial score (nSPS) is 12.5. The topological polar surface area (TPSA) is 68.4 Å². The summed E-state index contributed by atoms with van der Waals surface area (Å²) in [5.74, 6) is 1.81. The number of H-pyrrole nitrogens is 1. The number of pyridine rings is 1. The van der Waals surface area contributed by atoms with Crippen LogP contribution >= 0.6 is 0 Å². The van der Waals surface area contributed by atoms with Gasteiger partial charge in [-0.05, 0) is 53.4 Å². The Morgan fingerprint density at radius 1 is 0.867 bits per heavy atom. The second-order valence-electron chi connectivity index (χ2n) is 7.29. The van der Waals surface area contributed by atoms with Crippen LogP contribution < -0.4 is 19.5 Å². The first kappa shape index (κ1) is 18.4. The maximum atomic E-state index is 5.51. The zero-order valence-electron chi connectivity index (χ0n) is 17.2. The maximum absolute atomic E-state index is 5.51. The molecule has 0 saturated carbocycles. The van der Waals surface area contributed by atoms with Crippen molar-refractivity contribution in [3.63, 3.8) is 0 Å². The molecule has 0 bridgehead atoms. The molecule has 30 heavy (non-hydrogen) atoms. The van der Waals surface area contributed by atoms with Gasteiger partial charge in [0.2, 0.25) is 5.75 Å². The first-order valence-corrected chi connectivity index (χ1v) is 9.86. The number of methoxy groups -OCH3 is 3. The molecule has 152 valence electrons. The van der Waals surface area contributed by atoms with Crippen molar-refractivity contribution in [3.05, 3.63) is 54.4 Å². The number of nitrogens with one attached hydrogen (secondary N) is 2. The number of rotatable bonds is 5. The van der Waals surface area contributed by atoms with Crippen LogP contribution in [0.3, 0.4) is 0 Å². The van der Waals surface area contributed by atoms with Gasteiger partial charge in [-0.3, -0.25) is 0 Å². The Kier molecular flexibility index (Phi) is 4.47. The molecular formula is C24H23N3O3. The minimum Gasteiger partial charge on any atom is -0.493 e. The van der Waals surface area contributed by atoms with Crippen LogP contribution in [0.4, 0.5) is 5.69 Å². The molecule has 2 aromatic carbocycles. The third kappa shape index (κ3) is 2.92. The van der Waals surface area contributed by atoms with E-state index in [1.54, 1.807) is 21.3 Å². The average Bonchev–Trinajstić information content (AvgIpc) is 3.43. The number of hydrogen-bond acceptors (Lipinski definition) is 5. The van der Waals surface area contributed by atoms with E-state index < -0.39 is 0 Å². The highest BCUT2D eigenvalue weighted by Crippen LogP contribution is 2.42. The van der Waals surface area contributed by atoms with Crippen LogP contribution in [0.1, 0.15) is 5.56 Å². The Morgan fingerprint density at radius 2 is 1.67 bits per heavy atom. The lowest BCUT2D eigenvalue weighted by atomic mass is 9.99. The molecule has 0 atom stereocenters. The molecule has 1 aliphatic rings. The summed E-state index contributed by atoms with van der Waals surface area (Å²) in [5.41, 5.74) is 7.70. The van der Waals surface area contributed by atoms with E-state index in [0.717, 1.165) is 40.7 Å². The lowest BCUT2D eigenvalue weighted by Crippen LogP contribution is -1.96. The third-order valence-electron chi connectivity index (χ3n) is 5.66. The van der Waals surface area contributed by atoms with Crippen molar-refractivity contribution < 1.29 is 14.2 Å². The van der Waals surface area contributed by atoms with Crippen LogP contribution in [-0.4, -0.2) is 37.8 Å². The van der Waals surface area contributed by atoms with Crippen LogP contribution in [-0.2, 0) is 6.42 Å². The predicted octanol–water partition coefficient (Wildman–Crippen LogP) is 4.89. The smallest absolute Gasteiger partial charge is 0.203 e. The minimum absolute atomic E-state index is 0.576. The Bertz CT molecular complexity index is 1220. The van der Waals surface area contributed by atoms with E-state index in [2.05, 4.69) is 39.6 Å². The van der Waals surface area contributed by atoms with Gasteiger partial charge in [0.15, 0.2) is 11.5 Å². The summed E-state index contributed by atoms with van der Waals surface area (Å²) in [6.45, 7) is 1.000. The van der Waals surface area contributed by atoms with Gasteiger partial charge in [0.05, 0.1) is 21.3 Å². The van der Waals surface area contributed by atoms with Crippen molar-refractivity contribution >= 4 is 16.7 Å². The van der Waals surface area contributed by atoms with E-state index in [9.17, 15) is 0 Å². The first-order valence-electron chi connectivity index (χ1n) is 9.86. The van der Waals surface area contributed by atoms with Gasteiger partial charge in [-0.2, -0.15) is 0 Å². The highest BCUT2D eigenvalue weighted by Gasteiger charge is 2.17. The summed E-state index contributed by atoms with van der Waals surface area (Å²) in [4.78, 5) is 7.95. The molecule has 0 saturated heterocycles. The Morgan fingerprint density at radius 3 is 2.40 bits per heavy atom. The number of anilines is 1. The predicted molar refractivity (Wildman–Crippen MR) is 119 cm³/mol. The SMILES string of the molecule is COc1cc(-c2cnc3[nH]cc(-c4ccc5c(c4)CCN5)c3c2)cc(OC)c1OC. The minimum atomic E-state index is 0.576. The molecule has 5 rings (SSSR count). The van der Waals surface area contributed by atoms with E-state index in [0.29, 0.717) is 17.2 Å². The van der Waals surface area contributed by atoms with E-state index in [-0.39, 0.29) is 0 Å². The molecule has 2 N–H and O–H groups in total. The molecule has 0 fully saturated rings. The molecule has 0 aliphatic carbocycles. The third-order valence-corrected chi connectivity index (χ3v) is 5.66. The molecule has 1 aliphatic heterocycles. The lowest BCUT2D eigenvalue weighted by molar-refractivity contribution is 0.324. The summed E-state index contributed by atoms with van der Waals surface area (Å²) in [5, 5.41) is 4.49. The number of nitrogens with zero attached hydrogens (tertiary/aromatic N) is 1.